The summed E-state index contributed by atoms with van der Waals surface area (Å²) < 4.78 is 1.50. The maximum Gasteiger partial charge on any atom is 0.170 e. The highest BCUT2D eigenvalue weighted by Crippen LogP contribution is 2.04. The third-order valence-corrected chi connectivity index (χ3v) is 1.83. The Morgan fingerprint density at radius 1 is 1.58 bits per heavy atom. The lowest BCUT2D eigenvalue weighted by Gasteiger charge is -1.97. The molecule has 0 N–H and O–H groups in total. The molecule has 5 heteroatoms. The van der Waals surface area contributed by atoms with Gasteiger partial charge in [-0.1, -0.05) is 0 Å². The van der Waals surface area contributed by atoms with Crippen LogP contribution in [-0.2, 0) is 5.88 Å². The lowest BCUT2D eigenvalue weighted by atomic mass is 10.4. The lowest BCUT2D eigenvalue weighted by Crippen LogP contribution is -2.01. The molecule has 1 heterocycles. The molecule has 0 saturated heterocycles. The second-order valence-electron chi connectivity index (χ2n) is 2.15. The maximum atomic E-state index is 10.4. The van der Waals surface area contributed by atoms with Crippen molar-refractivity contribution in [1.82, 2.24) is 9.78 Å². The Bertz CT molecular complexity index is 296. The Morgan fingerprint density at radius 2 is 2.33 bits per heavy atom. The van der Waals surface area contributed by atoms with Gasteiger partial charge in [-0.05, 0) is 12.3 Å². The van der Waals surface area contributed by atoms with Crippen LogP contribution < -0.4 is 0 Å². The number of thioether (sulfide) groups is 1. The second kappa shape index (κ2) is 4.06. The molecule has 0 aliphatic heterocycles. The van der Waals surface area contributed by atoms with E-state index in [1.54, 1.807) is 0 Å². The zero-order valence-corrected chi connectivity index (χ0v) is 7.37. The van der Waals surface area contributed by atoms with Crippen molar-refractivity contribution in [3.63, 3.8) is 0 Å². The van der Waals surface area contributed by atoms with E-state index in [0.29, 0.717) is 29.8 Å². The fourth-order valence-corrected chi connectivity index (χ4v) is 1.28. The fourth-order valence-electron chi connectivity index (χ4n) is 0.830. The quantitative estimate of drug-likeness (QED) is 0.650. The van der Waals surface area contributed by atoms with Crippen molar-refractivity contribution in [1.29, 1.82) is 0 Å². The van der Waals surface area contributed by atoms with Gasteiger partial charge in [-0.15, -0.1) is 11.8 Å². The summed E-state index contributed by atoms with van der Waals surface area (Å²) in [5, 5.41) is 3.89. The van der Waals surface area contributed by atoms with Crippen LogP contribution in [0.2, 0.25) is 0 Å². The molecule has 12 heavy (non-hydrogen) atoms. The predicted octanol–water partition coefficient (Wildman–Crippen LogP) is 0.829. The molecule has 1 aromatic rings. The molecule has 0 aliphatic rings. The highest BCUT2D eigenvalue weighted by Gasteiger charge is 2.04. The number of aldehydes is 2. The average molecular weight is 184 g/mol. The number of hydrogen-bond acceptors (Lipinski definition) is 4. The second-order valence-corrected chi connectivity index (χ2v) is 2.98. The van der Waals surface area contributed by atoms with Gasteiger partial charge >= 0.3 is 0 Å². The van der Waals surface area contributed by atoms with E-state index in [1.807, 2.05) is 6.26 Å². The molecule has 0 atom stereocenters. The van der Waals surface area contributed by atoms with Crippen molar-refractivity contribution in [2.75, 3.05) is 6.26 Å². The van der Waals surface area contributed by atoms with Crippen molar-refractivity contribution in [3.05, 3.63) is 17.5 Å². The van der Waals surface area contributed by atoms with Gasteiger partial charge in [0.2, 0.25) is 0 Å². The van der Waals surface area contributed by atoms with E-state index in [2.05, 4.69) is 5.10 Å². The molecule has 0 saturated carbocycles. The van der Waals surface area contributed by atoms with Crippen molar-refractivity contribution >= 4 is 24.3 Å². The largest absolute Gasteiger partial charge is 0.296 e. The number of aromatic nitrogens is 2. The molecule has 0 radical (unpaired) electrons. The van der Waals surface area contributed by atoms with Gasteiger partial charge in [-0.25, -0.2) is 0 Å². The van der Waals surface area contributed by atoms with Crippen molar-refractivity contribution < 1.29 is 9.59 Å². The standard InChI is InChI=1S/C7H8N2O2S/c1-12-5-9-7(4-11)2-6(3-10)8-9/h2-4H,5H2,1H3. The van der Waals surface area contributed by atoms with Crippen LogP contribution in [0.4, 0.5) is 0 Å². The smallest absolute Gasteiger partial charge is 0.170 e. The Hall–Kier alpha value is -1.10. The summed E-state index contributed by atoms with van der Waals surface area (Å²) in [6.07, 6.45) is 3.22. The molecule has 4 nitrogen and oxygen atoms in total. The summed E-state index contributed by atoms with van der Waals surface area (Å²) in [4.78, 5) is 20.7. The van der Waals surface area contributed by atoms with Gasteiger partial charge < -0.3 is 0 Å². The third kappa shape index (κ3) is 1.73. The fraction of sp³-hybridized carbons (Fsp3) is 0.286. The van der Waals surface area contributed by atoms with E-state index in [1.165, 1.54) is 22.5 Å². The predicted molar refractivity (Wildman–Crippen MR) is 46.5 cm³/mol. The van der Waals surface area contributed by atoms with Crippen molar-refractivity contribution in [2.24, 2.45) is 0 Å². The minimum atomic E-state index is 0.297. The minimum absolute atomic E-state index is 0.297. The van der Waals surface area contributed by atoms with Crippen LogP contribution in [-0.4, -0.2) is 28.6 Å². The lowest BCUT2D eigenvalue weighted by molar-refractivity contribution is 0.110. The first-order valence-corrected chi connectivity index (χ1v) is 4.68. The number of carbonyl (C=O) groups excluding carboxylic acids is 2. The van der Waals surface area contributed by atoms with Crippen LogP contribution in [0, 0.1) is 0 Å². The first-order valence-electron chi connectivity index (χ1n) is 3.29. The molecule has 1 rings (SSSR count). The van der Waals surface area contributed by atoms with E-state index in [9.17, 15) is 9.59 Å². The summed E-state index contributed by atoms with van der Waals surface area (Å²) in [6.45, 7) is 0. The summed E-state index contributed by atoms with van der Waals surface area (Å²) in [6, 6.07) is 1.47. The molecule has 0 aliphatic carbocycles. The molecule has 0 amide bonds. The van der Waals surface area contributed by atoms with Crippen molar-refractivity contribution in [3.8, 4) is 0 Å². The number of carbonyl (C=O) groups is 2. The number of rotatable bonds is 4. The van der Waals surface area contributed by atoms with Crippen molar-refractivity contribution in [2.45, 2.75) is 5.88 Å². The van der Waals surface area contributed by atoms with Crippen LogP contribution in [0.5, 0.6) is 0 Å². The highest BCUT2D eigenvalue weighted by atomic mass is 32.2. The Kier molecular flexibility index (Phi) is 3.04. The van der Waals surface area contributed by atoms with Gasteiger partial charge in [0.25, 0.3) is 0 Å². The summed E-state index contributed by atoms with van der Waals surface area (Å²) in [5.41, 5.74) is 0.734. The van der Waals surface area contributed by atoms with Crippen LogP contribution >= 0.6 is 11.8 Å². The van der Waals surface area contributed by atoms with Crippen LogP contribution in [0.1, 0.15) is 21.0 Å². The monoisotopic (exact) mass is 184 g/mol. The SMILES string of the molecule is CSCn1nc(C=O)cc1C=O. The molecule has 0 spiro atoms. The molecule has 1 aromatic heterocycles. The zero-order valence-electron chi connectivity index (χ0n) is 6.56. The van der Waals surface area contributed by atoms with E-state index < -0.39 is 0 Å². The van der Waals surface area contributed by atoms with Gasteiger partial charge in [0.1, 0.15) is 11.4 Å². The Morgan fingerprint density at radius 3 is 2.83 bits per heavy atom. The van der Waals surface area contributed by atoms with Crippen LogP contribution in [0.25, 0.3) is 0 Å². The summed E-state index contributed by atoms with van der Waals surface area (Å²) in [7, 11) is 0. The maximum absolute atomic E-state index is 10.4. The van der Waals surface area contributed by atoms with Gasteiger partial charge in [-0.3, -0.25) is 14.3 Å². The van der Waals surface area contributed by atoms with Gasteiger partial charge in [0, 0.05) is 0 Å². The van der Waals surface area contributed by atoms with Gasteiger partial charge in [-0.2, -0.15) is 5.10 Å². The van der Waals surface area contributed by atoms with E-state index in [0.717, 1.165) is 0 Å². The average Bonchev–Trinajstić information content (AvgIpc) is 2.48. The first-order chi connectivity index (χ1) is 5.81. The zero-order chi connectivity index (χ0) is 8.97. The normalized spacial score (nSPS) is 9.75. The van der Waals surface area contributed by atoms with E-state index >= 15 is 0 Å². The molecule has 0 fully saturated rings. The molecular formula is C7H8N2O2S. The highest BCUT2D eigenvalue weighted by molar-refractivity contribution is 7.97. The minimum Gasteiger partial charge on any atom is -0.296 e. The van der Waals surface area contributed by atoms with E-state index in [-0.39, 0.29) is 0 Å². The van der Waals surface area contributed by atoms with Crippen LogP contribution in [0.3, 0.4) is 0 Å². The third-order valence-electron chi connectivity index (χ3n) is 1.32. The Labute approximate surface area is 73.9 Å². The summed E-state index contributed by atoms with van der Waals surface area (Å²) in [5.74, 6) is 0.585. The number of nitrogens with zero attached hydrogens (tertiary/aromatic N) is 2. The van der Waals surface area contributed by atoms with E-state index in [4.69, 9.17) is 0 Å². The topological polar surface area (TPSA) is 52.0 Å². The Balaban J connectivity index is 2.98. The molecule has 0 aromatic carbocycles. The molecule has 0 bridgehead atoms. The first kappa shape index (κ1) is 8.99. The van der Waals surface area contributed by atoms with Crippen LogP contribution in [0.15, 0.2) is 6.07 Å². The molecule has 0 unspecified atom stereocenters. The number of hydrogen-bond donors (Lipinski definition) is 0. The summed E-state index contributed by atoms with van der Waals surface area (Å²) >= 11 is 1.53. The van der Waals surface area contributed by atoms with Gasteiger partial charge in [0.15, 0.2) is 12.6 Å². The van der Waals surface area contributed by atoms with Gasteiger partial charge in [0.05, 0.1) is 5.88 Å². The molecular weight excluding hydrogens is 176 g/mol. The molecule has 64 valence electrons.